The van der Waals surface area contributed by atoms with Crippen LogP contribution in [0.3, 0.4) is 0 Å². The van der Waals surface area contributed by atoms with Gasteiger partial charge in [0, 0.05) is 27.8 Å². The molecule has 66 heavy (non-hydrogen) atoms. The van der Waals surface area contributed by atoms with Gasteiger partial charge in [-0.1, -0.05) is 231 Å². The van der Waals surface area contributed by atoms with Crippen molar-refractivity contribution >= 4 is 38.0 Å². The van der Waals surface area contributed by atoms with Crippen LogP contribution < -0.4 is 17.0 Å². The summed E-state index contributed by atoms with van der Waals surface area (Å²) in [6.07, 6.45) is 1.83. The fraction of sp³-hybridized carbons (Fsp3) is 0. The van der Waals surface area contributed by atoms with Gasteiger partial charge in [-0.3, -0.25) is 0 Å². The molecule has 9 aromatic carbocycles. The lowest BCUT2D eigenvalue weighted by Gasteiger charge is -2.20. The van der Waals surface area contributed by atoms with Crippen LogP contribution in [0.25, 0.3) is 107 Å². The van der Waals surface area contributed by atoms with Gasteiger partial charge in [-0.2, -0.15) is 0 Å². The summed E-state index contributed by atoms with van der Waals surface area (Å²) >= 11 is 0. The fourth-order valence-corrected chi connectivity index (χ4v) is 8.22. The summed E-state index contributed by atoms with van der Waals surface area (Å²) in [4.78, 5) is 20.6. The molecule has 1 atom stereocenters. The molecule has 0 aliphatic heterocycles. The zero-order valence-corrected chi connectivity index (χ0v) is 40.1. The lowest BCUT2D eigenvalue weighted by atomic mass is 9.86. The highest BCUT2D eigenvalue weighted by Crippen LogP contribution is 2.45. The van der Waals surface area contributed by atoms with Crippen molar-refractivity contribution in [3.05, 3.63) is 249 Å². The van der Waals surface area contributed by atoms with Crippen LogP contribution in [0.1, 0.15) is 5.56 Å². The lowest BCUT2D eigenvalue weighted by Crippen LogP contribution is -3.00. The van der Waals surface area contributed by atoms with Crippen molar-refractivity contribution in [3.63, 3.8) is 0 Å². The van der Waals surface area contributed by atoms with Gasteiger partial charge in [0.15, 0.2) is 0 Å². The highest BCUT2D eigenvalue weighted by atomic mass is 79.9. The third-order valence-corrected chi connectivity index (χ3v) is 11.3. The summed E-state index contributed by atoms with van der Waals surface area (Å²) in [6, 6.07) is 81.2. The molecule has 0 saturated carbocycles. The van der Waals surface area contributed by atoms with Gasteiger partial charge in [0.25, 0.3) is 0 Å². The number of rotatable bonds is 8. The van der Waals surface area contributed by atoms with Gasteiger partial charge in [-0.15, -0.1) is 0 Å². The normalized spacial score (nSPS) is 10.5. The quantitative estimate of drug-likeness (QED) is 0.142. The predicted octanol–water partition coefficient (Wildman–Crippen LogP) is 12.4. The van der Waals surface area contributed by atoms with Gasteiger partial charge in [-0.05, 0) is 61.5 Å². The molecule has 0 saturated heterocycles. The average molecular weight is 934 g/mol. The molecule has 0 aliphatic rings. The second-order valence-electron chi connectivity index (χ2n) is 15.4. The van der Waals surface area contributed by atoms with Crippen molar-refractivity contribution in [1.29, 1.82) is 0 Å². The van der Waals surface area contributed by atoms with Crippen molar-refractivity contribution < 1.29 is 17.0 Å². The van der Waals surface area contributed by atoms with E-state index in [0.29, 0.717) is 0 Å². The van der Waals surface area contributed by atoms with Gasteiger partial charge in [0.1, 0.15) is 0 Å². The monoisotopic (exact) mass is 932 g/mol. The Morgan fingerprint density at radius 1 is 0.303 bits per heavy atom. The number of aromatic nitrogens is 4. The lowest BCUT2D eigenvalue weighted by molar-refractivity contribution is -0.0000124. The number of fused-ring (bicyclic) bond motifs is 2. The van der Waals surface area contributed by atoms with Crippen LogP contribution in [0, 0.1) is 0 Å². The standard InChI is InChI=1S/C38H26N2.C22H16N2.BrH.H3P/c1-6-16-27(17-7-1)32-26-33-38(35(29-20-10-3-11-21-29)34(32)28-18-8-2-9-19-28)40-37(31-24-14-5-15-25-31)36(39-33)30-22-12-4-13-23-30;1-2-16-13-14-19-20(15-16)24-22(18-11-7-4-8-12-18)21(23-19)17-9-5-3-6-10-17;;/h1-26H;2-15H,1H2;1H;1H3. The molecular formula is C60H46BrN4P. The number of nitrogens with zero attached hydrogens (tertiary/aromatic N) is 4. The summed E-state index contributed by atoms with van der Waals surface area (Å²) in [7, 11) is 0. The third-order valence-electron chi connectivity index (χ3n) is 11.3. The third kappa shape index (κ3) is 9.41. The number of hydrogen-bond acceptors (Lipinski definition) is 4. The van der Waals surface area contributed by atoms with Crippen molar-refractivity contribution in [2.45, 2.75) is 0 Å². The zero-order chi connectivity index (χ0) is 43.1. The average Bonchev–Trinajstić information content (AvgIpc) is 3.39. The Morgan fingerprint density at radius 2 is 0.636 bits per heavy atom. The number of hydrogen-bond donors (Lipinski definition) is 0. The second-order valence-corrected chi connectivity index (χ2v) is 15.4. The molecule has 0 N–H and O–H groups in total. The highest BCUT2D eigenvalue weighted by molar-refractivity contribution is 6.92. The van der Waals surface area contributed by atoms with E-state index < -0.39 is 0 Å². The van der Waals surface area contributed by atoms with E-state index in [2.05, 4.69) is 176 Å². The molecule has 11 aromatic rings. The molecule has 6 heteroatoms. The number of benzene rings is 9. The van der Waals surface area contributed by atoms with Crippen molar-refractivity contribution in [2.24, 2.45) is 0 Å². The van der Waals surface area contributed by atoms with E-state index in [1.165, 1.54) is 0 Å². The molecular weight excluding hydrogens is 888 g/mol. The van der Waals surface area contributed by atoms with E-state index in [1.807, 2.05) is 72.8 Å². The molecule has 1 unspecified atom stereocenters. The second kappa shape index (κ2) is 20.9. The first-order chi connectivity index (χ1) is 31.7. The minimum atomic E-state index is 0. The van der Waals surface area contributed by atoms with Crippen molar-refractivity contribution in [1.82, 2.24) is 19.9 Å². The van der Waals surface area contributed by atoms with Crippen LogP contribution in [-0.2, 0) is 0 Å². The summed E-state index contributed by atoms with van der Waals surface area (Å²) in [5, 5.41) is 0. The Balaban J connectivity index is 0.000000196. The Morgan fingerprint density at radius 3 is 1.05 bits per heavy atom. The molecule has 0 aliphatic carbocycles. The highest BCUT2D eigenvalue weighted by Gasteiger charge is 2.23. The first-order valence-corrected chi connectivity index (χ1v) is 21.4. The van der Waals surface area contributed by atoms with E-state index in [9.17, 15) is 0 Å². The topological polar surface area (TPSA) is 51.6 Å². The van der Waals surface area contributed by atoms with Crippen LogP contribution in [0.15, 0.2) is 243 Å². The SMILES string of the molecule is C=Cc1ccc2nc(-c3ccccc3)c(-c3ccccc3)nc2c1.[Br-].[PH4+].c1ccc(-c2cc3nc(-c4ccccc4)c(-c4ccccc4)nc3c(-c3ccccc3)c2-c2ccccc2)cc1. The molecule has 4 nitrogen and oxygen atoms in total. The fourth-order valence-electron chi connectivity index (χ4n) is 8.22. The van der Waals surface area contributed by atoms with E-state index >= 15 is 0 Å². The largest absolute Gasteiger partial charge is 1.00 e. The van der Waals surface area contributed by atoms with E-state index in [0.717, 1.165) is 106 Å². The maximum absolute atomic E-state index is 5.46. The summed E-state index contributed by atoms with van der Waals surface area (Å²) in [5.74, 6) is 0. The molecule has 318 valence electrons. The van der Waals surface area contributed by atoms with Crippen LogP contribution in [0.4, 0.5) is 0 Å². The zero-order valence-electron chi connectivity index (χ0n) is 36.5. The maximum atomic E-state index is 5.46. The molecule has 0 radical (unpaired) electrons. The molecule has 11 rings (SSSR count). The molecule has 0 amide bonds. The van der Waals surface area contributed by atoms with Crippen molar-refractivity contribution in [3.8, 4) is 78.4 Å². The maximum Gasteiger partial charge on any atom is 0.0979 e. The Bertz CT molecular complexity index is 3350. The van der Waals surface area contributed by atoms with Gasteiger partial charge >= 0.3 is 0 Å². The van der Waals surface area contributed by atoms with E-state index in [1.54, 1.807) is 0 Å². The first-order valence-electron chi connectivity index (χ1n) is 21.4. The van der Waals surface area contributed by atoms with Gasteiger partial charge < -0.3 is 17.0 Å². The first kappa shape index (κ1) is 44.9. The summed E-state index contributed by atoms with van der Waals surface area (Å²) in [6.45, 7) is 3.84. The van der Waals surface area contributed by atoms with E-state index in [4.69, 9.17) is 19.9 Å². The van der Waals surface area contributed by atoms with Gasteiger partial charge in [0.2, 0.25) is 0 Å². The smallest absolute Gasteiger partial charge is 0.0979 e. The van der Waals surface area contributed by atoms with Gasteiger partial charge in [-0.25, -0.2) is 19.9 Å². The molecule has 2 aromatic heterocycles. The van der Waals surface area contributed by atoms with Crippen LogP contribution in [0.5, 0.6) is 0 Å². The van der Waals surface area contributed by atoms with Crippen molar-refractivity contribution in [2.75, 3.05) is 0 Å². The summed E-state index contributed by atoms with van der Waals surface area (Å²) in [5.41, 5.74) is 19.2. The Labute approximate surface area is 399 Å². The summed E-state index contributed by atoms with van der Waals surface area (Å²) < 4.78 is 0. The Hall–Kier alpha value is -7.69. The predicted molar refractivity (Wildman–Crippen MR) is 280 cm³/mol. The van der Waals surface area contributed by atoms with Crippen LogP contribution in [-0.4, -0.2) is 19.9 Å². The molecule has 0 fully saturated rings. The Kier molecular flexibility index (Phi) is 14.2. The van der Waals surface area contributed by atoms with Crippen LogP contribution >= 0.6 is 9.90 Å². The number of halogens is 1. The molecule has 2 heterocycles. The minimum Gasteiger partial charge on any atom is -1.00 e. The minimum absolute atomic E-state index is 0. The molecule has 0 bridgehead atoms. The van der Waals surface area contributed by atoms with Crippen LogP contribution in [0.2, 0.25) is 0 Å². The molecule has 0 spiro atoms. The van der Waals surface area contributed by atoms with E-state index in [-0.39, 0.29) is 26.9 Å². The van der Waals surface area contributed by atoms with Gasteiger partial charge in [0.05, 0.1) is 44.8 Å².